The van der Waals surface area contributed by atoms with Gasteiger partial charge in [0.2, 0.25) is 10.0 Å². The second kappa shape index (κ2) is 9.22. The molecule has 25 heavy (non-hydrogen) atoms. The van der Waals surface area contributed by atoms with Crippen LogP contribution in [0.15, 0.2) is 42.5 Å². The van der Waals surface area contributed by atoms with E-state index >= 15 is 0 Å². The number of carboxylic acids is 1. The maximum Gasteiger partial charge on any atom is 0.335 e. The molecule has 0 aliphatic rings. The van der Waals surface area contributed by atoms with E-state index in [9.17, 15) is 13.2 Å². The molecular weight excluding hydrogens is 338 g/mol. The standard InChI is InChI=1S/C11H16.C8H9NO4S/c1-4-10-7-6-8-11(5-2)9(10)3;1-14(12,13)9-7-4-2-6(3-5-7)8(10)11/h6-8H,4-5H2,1-3H3;2-5,9H,1H3,(H,10,11). The van der Waals surface area contributed by atoms with Gasteiger partial charge in [0.1, 0.15) is 0 Å². The molecule has 0 radical (unpaired) electrons. The molecule has 0 fully saturated rings. The second-order valence-electron chi connectivity index (χ2n) is 5.67. The Morgan fingerprint density at radius 1 is 1.00 bits per heavy atom. The van der Waals surface area contributed by atoms with Crippen LogP contribution in [0.3, 0.4) is 0 Å². The molecule has 6 heteroatoms. The van der Waals surface area contributed by atoms with Crippen LogP contribution < -0.4 is 4.72 Å². The molecule has 0 heterocycles. The quantitative estimate of drug-likeness (QED) is 0.844. The number of hydrogen-bond acceptors (Lipinski definition) is 3. The van der Waals surface area contributed by atoms with Gasteiger partial charge in [0.25, 0.3) is 0 Å². The number of benzene rings is 2. The van der Waals surface area contributed by atoms with Crippen LogP contribution in [0.25, 0.3) is 0 Å². The number of carboxylic acid groups (broad SMARTS) is 1. The molecule has 0 saturated heterocycles. The maximum atomic E-state index is 10.8. The van der Waals surface area contributed by atoms with E-state index in [1.807, 2.05) is 0 Å². The van der Waals surface area contributed by atoms with E-state index in [1.165, 1.54) is 41.0 Å². The van der Waals surface area contributed by atoms with Gasteiger partial charge in [-0.2, -0.15) is 0 Å². The van der Waals surface area contributed by atoms with Gasteiger partial charge in [-0.1, -0.05) is 32.0 Å². The summed E-state index contributed by atoms with van der Waals surface area (Å²) in [6.07, 6.45) is 3.33. The van der Waals surface area contributed by atoms with E-state index in [0.717, 1.165) is 19.1 Å². The molecule has 5 nitrogen and oxygen atoms in total. The molecule has 136 valence electrons. The van der Waals surface area contributed by atoms with E-state index in [1.54, 1.807) is 0 Å². The van der Waals surface area contributed by atoms with Crippen molar-refractivity contribution in [2.45, 2.75) is 33.6 Å². The molecule has 0 saturated carbocycles. The van der Waals surface area contributed by atoms with Gasteiger partial charge in [-0.25, -0.2) is 13.2 Å². The lowest BCUT2D eigenvalue weighted by Gasteiger charge is -2.06. The Labute approximate surface area is 149 Å². The minimum atomic E-state index is -3.31. The van der Waals surface area contributed by atoms with E-state index < -0.39 is 16.0 Å². The number of carbonyl (C=O) groups is 1. The van der Waals surface area contributed by atoms with Crippen LogP contribution in [0.5, 0.6) is 0 Å². The highest BCUT2D eigenvalue weighted by atomic mass is 32.2. The highest BCUT2D eigenvalue weighted by Gasteiger charge is 2.04. The van der Waals surface area contributed by atoms with Crippen LogP contribution >= 0.6 is 0 Å². The Hall–Kier alpha value is -2.34. The normalized spacial score (nSPS) is 10.6. The fourth-order valence-corrected chi connectivity index (χ4v) is 2.96. The third kappa shape index (κ3) is 6.97. The number of aryl methyl sites for hydroxylation is 2. The summed E-state index contributed by atoms with van der Waals surface area (Å²) in [4.78, 5) is 10.5. The fraction of sp³-hybridized carbons (Fsp3) is 0.316. The van der Waals surface area contributed by atoms with Crippen molar-refractivity contribution in [3.05, 3.63) is 64.7 Å². The summed E-state index contributed by atoms with van der Waals surface area (Å²) in [7, 11) is -3.31. The average Bonchev–Trinajstić information content (AvgIpc) is 2.54. The molecule has 0 unspecified atom stereocenters. The first kappa shape index (κ1) is 20.7. The minimum absolute atomic E-state index is 0.115. The van der Waals surface area contributed by atoms with E-state index in [0.29, 0.717) is 5.69 Å². The van der Waals surface area contributed by atoms with Crippen molar-refractivity contribution in [3.63, 3.8) is 0 Å². The Kier molecular flexibility index (Phi) is 7.64. The Morgan fingerprint density at radius 3 is 1.84 bits per heavy atom. The maximum absolute atomic E-state index is 10.8. The molecule has 2 aromatic carbocycles. The summed E-state index contributed by atoms with van der Waals surface area (Å²) in [6, 6.07) is 12.0. The first-order chi connectivity index (χ1) is 11.7. The summed E-state index contributed by atoms with van der Waals surface area (Å²) >= 11 is 0. The number of aromatic carboxylic acids is 1. The molecule has 0 aromatic heterocycles. The Balaban J connectivity index is 0.000000257. The first-order valence-electron chi connectivity index (χ1n) is 8.06. The van der Waals surface area contributed by atoms with Crippen LogP contribution in [0, 0.1) is 6.92 Å². The van der Waals surface area contributed by atoms with E-state index in [-0.39, 0.29) is 5.56 Å². The van der Waals surface area contributed by atoms with Gasteiger partial charge in [0, 0.05) is 5.69 Å². The van der Waals surface area contributed by atoms with Crippen LogP contribution in [0.4, 0.5) is 5.69 Å². The molecule has 0 atom stereocenters. The van der Waals surface area contributed by atoms with Crippen molar-refractivity contribution < 1.29 is 18.3 Å². The van der Waals surface area contributed by atoms with Gasteiger partial charge in [-0.15, -0.1) is 0 Å². The van der Waals surface area contributed by atoms with Gasteiger partial charge in [0.15, 0.2) is 0 Å². The highest BCUT2D eigenvalue weighted by molar-refractivity contribution is 7.92. The summed E-state index contributed by atoms with van der Waals surface area (Å²) in [5.74, 6) is -1.05. The van der Waals surface area contributed by atoms with Gasteiger partial charge in [-0.05, 0) is 60.7 Å². The lowest BCUT2D eigenvalue weighted by atomic mass is 9.99. The van der Waals surface area contributed by atoms with Gasteiger partial charge < -0.3 is 5.11 Å². The predicted octanol–water partition coefficient (Wildman–Crippen LogP) is 3.88. The highest BCUT2D eigenvalue weighted by Crippen LogP contribution is 2.14. The zero-order chi connectivity index (χ0) is 19.0. The van der Waals surface area contributed by atoms with Crippen LogP contribution in [0.2, 0.25) is 0 Å². The lowest BCUT2D eigenvalue weighted by Crippen LogP contribution is -2.09. The third-order valence-electron chi connectivity index (χ3n) is 3.76. The van der Waals surface area contributed by atoms with Crippen molar-refractivity contribution in [2.24, 2.45) is 0 Å². The largest absolute Gasteiger partial charge is 0.478 e. The van der Waals surface area contributed by atoms with Crippen LogP contribution in [-0.4, -0.2) is 25.7 Å². The van der Waals surface area contributed by atoms with E-state index in [2.05, 4.69) is 43.7 Å². The monoisotopic (exact) mass is 363 g/mol. The molecular formula is C19H25NO4S. The van der Waals surface area contributed by atoms with Gasteiger partial charge in [0.05, 0.1) is 11.8 Å². The molecule has 2 aromatic rings. The number of anilines is 1. The molecule has 0 bridgehead atoms. The Morgan fingerprint density at radius 2 is 1.48 bits per heavy atom. The van der Waals surface area contributed by atoms with E-state index in [4.69, 9.17) is 5.11 Å². The second-order valence-corrected chi connectivity index (χ2v) is 7.41. The topological polar surface area (TPSA) is 83.5 Å². The number of nitrogens with one attached hydrogen (secondary N) is 1. The summed E-state index contributed by atoms with van der Waals surface area (Å²) in [6.45, 7) is 6.64. The number of hydrogen-bond donors (Lipinski definition) is 2. The van der Waals surface area contributed by atoms with Crippen molar-refractivity contribution >= 4 is 21.7 Å². The Bertz CT molecular complexity index is 790. The van der Waals surface area contributed by atoms with Crippen molar-refractivity contribution in [1.29, 1.82) is 0 Å². The minimum Gasteiger partial charge on any atom is -0.478 e. The van der Waals surface area contributed by atoms with Crippen molar-refractivity contribution in [2.75, 3.05) is 11.0 Å². The molecule has 0 aliphatic carbocycles. The predicted molar refractivity (Wildman–Crippen MR) is 102 cm³/mol. The summed E-state index contributed by atoms with van der Waals surface area (Å²) < 4.78 is 23.8. The SMILES string of the molecule is CCc1cccc(CC)c1C.CS(=O)(=O)Nc1ccc(C(=O)O)cc1. The smallest absolute Gasteiger partial charge is 0.335 e. The zero-order valence-electron chi connectivity index (χ0n) is 15.0. The average molecular weight is 363 g/mol. The molecule has 0 spiro atoms. The molecule has 0 amide bonds. The summed E-state index contributed by atoms with van der Waals surface area (Å²) in [5, 5.41) is 8.57. The lowest BCUT2D eigenvalue weighted by molar-refractivity contribution is 0.0697. The third-order valence-corrected chi connectivity index (χ3v) is 4.36. The summed E-state index contributed by atoms with van der Waals surface area (Å²) in [5.41, 5.74) is 4.92. The first-order valence-corrected chi connectivity index (χ1v) is 9.95. The van der Waals surface area contributed by atoms with Gasteiger partial charge >= 0.3 is 5.97 Å². The number of sulfonamides is 1. The molecule has 2 rings (SSSR count). The fourth-order valence-electron chi connectivity index (χ4n) is 2.40. The van der Waals surface area contributed by atoms with Gasteiger partial charge in [-0.3, -0.25) is 4.72 Å². The van der Waals surface area contributed by atoms with Crippen LogP contribution in [0.1, 0.15) is 40.9 Å². The number of rotatable bonds is 5. The van der Waals surface area contributed by atoms with Crippen LogP contribution in [-0.2, 0) is 22.9 Å². The van der Waals surface area contributed by atoms with Crippen molar-refractivity contribution in [1.82, 2.24) is 0 Å². The molecule has 0 aliphatic heterocycles. The zero-order valence-corrected chi connectivity index (χ0v) is 15.9. The van der Waals surface area contributed by atoms with Crippen molar-refractivity contribution in [3.8, 4) is 0 Å². The molecule has 2 N–H and O–H groups in total.